The predicted octanol–water partition coefficient (Wildman–Crippen LogP) is 2.46. The molecule has 0 radical (unpaired) electrons. The van der Waals surface area contributed by atoms with Crippen LogP contribution in [0.5, 0.6) is 0 Å². The summed E-state index contributed by atoms with van der Waals surface area (Å²) in [5.41, 5.74) is 8.94. The number of pyridine rings is 1. The van der Waals surface area contributed by atoms with Crippen molar-refractivity contribution in [1.82, 2.24) is 29.1 Å². The lowest BCUT2D eigenvalue weighted by molar-refractivity contribution is 0.192. The van der Waals surface area contributed by atoms with Gasteiger partial charge in [0, 0.05) is 12.3 Å². The summed E-state index contributed by atoms with van der Waals surface area (Å²) < 4.78 is 2.72. The SMILES string of the molecule is Cc1nc(N)cc(-c2c(Nc3cn(C(=O)O)nc3C)nc3ccccn23)n1. The Labute approximate surface area is 153 Å². The Hall–Kier alpha value is -3.95. The van der Waals surface area contributed by atoms with Crippen LogP contribution in [-0.4, -0.2) is 40.3 Å². The van der Waals surface area contributed by atoms with Crippen molar-refractivity contribution in [2.75, 3.05) is 11.1 Å². The van der Waals surface area contributed by atoms with Crippen LogP contribution in [0.15, 0.2) is 36.7 Å². The molecular formula is C17H16N8O2. The molecule has 0 saturated carbocycles. The molecular weight excluding hydrogens is 348 g/mol. The molecule has 10 heteroatoms. The van der Waals surface area contributed by atoms with E-state index in [0.29, 0.717) is 45.9 Å². The molecule has 4 aromatic heterocycles. The molecule has 4 rings (SSSR count). The Kier molecular flexibility index (Phi) is 3.73. The normalized spacial score (nSPS) is 11.0. The Morgan fingerprint density at radius 3 is 2.74 bits per heavy atom. The van der Waals surface area contributed by atoms with Crippen molar-refractivity contribution < 1.29 is 9.90 Å². The van der Waals surface area contributed by atoms with Crippen molar-refractivity contribution in [1.29, 1.82) is 0 Å². The number of imidazole rings is 1. The molecule has 0 fully saturated rings. The smallest absolute Gasteiger partial charge is 0.432 e. The highest BCUT2D eigenvalue weighted by Crippen LogP contribution is 2.31. The molecule has 0 aliphatic carbocycles. The van der Waals surface area contributed by atoms with Crippen molar-refractivity contribution in [2.45, 2.75) is 13.8 Å². The van der Waals surface area contributed by atoms with Gasteiger partial charge in [0.25, 0.3) is 0 Å². The van der Waals surface area contributed by atoms with Crippen molar-refractivity contribution in [3.05, 3.63) is 48.2 Å². The molecule has 0 saturated heterocycles. The van der Waals surface area contributed by atoms with E-state index in [1.54, 1.807) is 19.9 Å². The standard InChI is InChI=1S/C17H16N8O2/c1-9-12(8-25(23-9)17(26)27)21-16-15(11-7-13(18)20-10(2)19-11)24-6-4-3-5-14(24)22-16/h3-8,21H,1-2H3,(H,26,27)(H2,18,19,20). The van der Waals surface area contributed by atoms with E-state index in [-0.39, 0.29) is 0 Å². The van der Waals surface area contributed by atoms with Crippen LogP contribution in [0.25, 0.3) is 17.0 Å². The molecule has 0 aliphatic rings. The number of carbonyl (C=O) groups is 1. The van der Waals surface area contributed by atoms with Crippen LogP contribution < -0.4 is 11.1 Å². The maximum Gasteiger partial charge on any atom is 0.432 e. The largest absolute Gasteiger partial charge is 0.463 e. The zero-order chi connectivity index (χ0) is 19.1. The topological polar surface area (TPSA) is 136 Å². The number of aryl methyl sites for hydroxylation is 2. The van der Waals surface area contributed by atoms with Crippen LogP contribution in [0.3, 0.4) is 0 Å². The molecule has 0 unspecified atom stereocenters. The van der Waals surface area contributed by atoms with Crippen LogP contribution in [0.1, 0.15) is 11.5 Å². The minimum absolute atomic E-state index is 0.351. The van der Waals surface area contributed by atoms with Crippen molar-refractivity contribution in [3.8, 4) is 11.4 Å². The number of nitrogens with zero attached hydrogens (tertiary/aromatic N) is 6. The minimum atomic E-state index is -1.17. The first kappa shape index (κ1) is 16.5. The first-order chi connectivity index (χ1) is 12.9. The third kappa shape index (κ3) is 2.92. The third-order valence-corrected chi connectivity index (χ3v) is 3.98. The minimum Gasteiger partial charge on any atom is -0.463 e. The Bertz CT molecular complexity index is 1160. The number of anilines is 3. The zero-order valence-corrected chi connectivity index (χ0v) is 14.6. The fraction of sp³-hybridized carbons (Fsp3) is 0.118. The van der Waals surface area contributed by atoms with Crippen LogP contribution in [0.4, 0.5) is 22.1 Å². The van der Waals surface area contributed by atoms with E-state index in [4.69, 9.17) is 10.8 Å². The highest BCUT2D eigenvalue weighted by Gasteiger charge is 2.19. The highest BCUT2D eigenvalue weighted by atomic mass is 16.4. The summed E-state index contributed by atoms with van der Waals surface area (Å²) in [4.78, 5) is 24.3. The van der Waals surface area contributed by atoms with Gasteiger partial charge in [0.2, 0.25) is 0 Å². The van der Waals surface area contributed by atoms with Crippen LogP contribution in [0.2, 0.25) is 0 Å². The second-order valence-electron chi connectivity index (χ2n) is 5.94. The van der Waals surface area contributed by atoms with Gasteiger partial charge in [0.15, 0.2) is 5.82 Å². The maximum absolute atomic E-state index is 11.1. The summed E-state index contributed by atoms with van der Waals surface area (Å²) in [7, 11) is 0. The predicted molar refractivity (Wildman–Crippen MR) is 99.0 cm³/mol. The average Bonchev–Trinajstić information content (AvgIpc) is 3.15. The van der Waals surface area contributed by atoms with Crippen molar-refractivity contribution >= 4 is 29.1 Å². The lowest BCUT2D eigenvalue weighted by Gasteiger charge is -2.07. The van der Waals surface area contributed by atoms with Gasteiger partial charge in [-0.15, -0.1) is 0 Å². The fourth-order valence-corrected chi connectivity index (χ4v) is 2.85. The second-order valence-corrected chi connectivity index (χ2v) is 5.94. The summed E-state index contributed by atoms with van der Waals surface area (Å²) in [6, 6.07) is 7.29. The van der Waals surface area contributed by atoms with Gasteiger partial charge in [-0.2, -0.15) is 9.78 Å². The van der Waals surface area contributed by atoms with E-state index in [1.807, 2.05) is 28.8 Å². The van der Waals surface area contributed by atoms with Crippen molar-refractivity contribution in [3.63, 3.8) is 0 Å². The van der Waals surface area contributed by atoms with E-state index in [1.165, 1.54) is 6.20 Å². The molecule has 4 aromatic rings. The van der Waals surface area contributed by atoms with Gasteiger partial charge in [0.1, 0.15) is 23.0 Å². The van der Waals surface area contributed by atoms with Crippen LogP contribution in [0, 0.1) is 13.8 Å². The number of hydrogen-bond donors (Lipinski definition) is 3. The van der Waals surface area contributed by atoms with Gasteiger partial charge < -0.3 is 16.2 Å². The van der Waals surface area contributed by atoms with Gasteiger partial charge in [-0.1, -0.05) is 6.07 Å². The summed E-state index contributed by atoms with van der Waals surface area (Å²) >= 11 is 0. The second kappa shape index (κ2) is 6.09. The summed E-state index contributed by atoms with van der Waals surface area (Å²) in [5, 5.41) is 16.2. The van der Waals surface area contributed by atoms with Crippen LogP contribution >= 0.6 is 0 Å². The number of hydrogen-bond acceptors (Lipinski definition) is 7. The fourth-order valence-electron chi connectivity index (χ4n) is 2.85. The number of aromatic nitrogens is 6. The van der Waals surface area contributed by atoms with E-state index in [2.05, 4.69) is 25.4 Å². The first-order valence-corrected chi connectivity index (χ1v) is 8.07. The highest BCUT2D eigenvalue weighted by molar-refractivity contribution is 5.79. The van der Waals surface area contributed by atoms with Gasteiger partial charge >= 0.3 is 6.09 Å². The molecule has 0 aliphatic heterocycles. The van der Waals surface area contributed by atoms with E-state index >= 15 is 0 Å². The summed E-state index contributed by atoms with van der Waals surface area (Å²) in [5.74, 6) is 1.40. The van der Waals surface area contributed by atoms with E-state index in [0.717, 1.165) is 4.68 Å². The molecule has 0 amide bonds. The maximum atomic E-state index is 11.1. The number of rotatable bonds is 3. The molecule has 10 nitrogen and oxygen atoms in total. The third-order valence-electron chi connectivity index (χ3n) is 3.98. The number of nitrogens with one attached hydrogen (secondary N) is 1. The molecule has 136 valence electrons. The molecule has 4 N–H and O–H groups in total. The van der Waals surface area contributed by atoms with Gasteiger partial charge in [-0.3, -0.25) is 4.40 Å². The van der Waals surface area contributed by atoms with Gasteiger partial charge in [-0.05, 0) is 26.0 Å². The monoisotopic (exact) mass is 364 g/mol. The molecule has 0 atom stereocenters. The quantitative estimate of drug-likeness (QED) is 0.504. The number of fused-ring (bicyclic) bond motifs is 1. The first-order valence-electron chi connectivity index (χ1n) is 8.07. The lowest BCUT2D eigenvalue weighted by atomic mass is 10.2. The lowest BCUT2D eigenvalue weighted by Crippen LogP contribution is -2.07. The number of nitrogens with two attached hydrogens (primary N) is 1. The van der Waals surface area contributed by atoms with Gasteiger partial charge in [-0.25, -0.2) is 19.7 Å². The molecule has 4 heterocycles. The van der Waals surface area contributed by atoms with E-state index < -0.39 is 6.09 Å². The molecule has 0 aromatic carbocycles. The Morgan fingerprint density at radius 1 is 1.22 bits per heavy atom. The van der Waals surface area contributed by atoms with Crippen LogP contribution in [-0.2, 0) is 0 Å². The summed E-state index contributed by atoms with van der Waals surface area (Å²) in [6.07, 6.45) is 2.09. The van der Waals surface area contributed by atoms with E-state index in [9.17, 15) is 4.79 Å². The average molecular weight is 364 g/mol. The zero-order valence-electron chi connectivity index (χ0n) is 14.6. The molecule has 0 spiro atoms. The van der Waals surface area contributed by atoms with Gasteiger partial charge in [0.05, 0.1) is 23.3 Å². The number of carboxylic acid groups (broad SMARTS) is 1. The Morgan fingerprint density at radius 2 is 2.04 bits per heavy atom. The van der Waals surface area contributed by atoms with Crippen molar-refractivity contribution in [2.24, 2.45) is 0 Å². The number of nitrogen functional groups attached to an aromatic ring is 1. The molecule has 0 bridgehead atoms. The Balaban J connectivity index is 1.89. The molecule has 27 heavy (non-hydrogen) atoms. The summed E-state index contributed by atoms with van der Waals surface area (Å²) in [6.45, 7) is 3.47.